The van der Waals surface area contributed by atoms with Gasteiger partial charge in [-0.25, -0.2) is 0 Å². The van der Waals surface area contributed by atoms with Gasteiger partial charge in [0.05, 0.1) is 31.3 Å². The number of rotatable bonds is 3. The summed E-state index contributed by atoms with van der Waals surface area (Å²) in [4.78, 5) is 15.0. The van der Waals surface area contributed by atoms with Crippen LogP contribution in [0.1, 0.15) is 31.2 Å². The first-order valence-electron chi connectivity index (χ1n) is 9.87. The summed E-state index contributed by atoms with van der Waals surface area (Å²) in [5, 5.41) is 9.57. The van der Waals surface area contributed by atoms with Gasteiger partial charge in [0.2, 0.25) is 5.91 Å². The highest BCUT2D eigenvalue weighted by atomic mass is 16.5. The second-order valence-corrected chi connectivity index (χ2v) is 8.19. The molecule has 1 aromatic carbocycles. The number of nitrogens with zero attached hydrogens (tertiary/aromatic N) is 1. The zero-order chi connectivity index (χ0) is 18.4. The van der Waals surface area contributed by atoms with Crippen molar-refractivity contribution in [2.75, 3.05) is 19.8 Å². The average molecular weight is 367 g/mol. The topological polar surface area (TPSA) is 62.9 Å². The molecule has 1 amide bonds. The van der Waals surface area contributed by atoms with Gasteiger partial charge in [0.1, 0.15) is 0 Å². The van der Waals surface area contributed by atoms with E-state index in [0.717, 1.165) is 37.1 Å². The summed E-state index contributed by atoms with van der Waals surface area (Å²) in [6.45, 7) is 2.12. The smallest absolute Gasteiger partial charge is 0.226 e. The molecule has 5 rings (SSSR count). The molecule has 2 atom stereocenters. The molecular formula is C22H25NO4. The van der Waals surface area contributed by atoms with Crippen LogP contribution in [0, 0.1) is 5.92 Å². The number of aliphatic hydroxyl groups is 1. The Morgan fingerprint density at radius 2 is 1.93 bits per heavy atom. The Morgan fingerprint density at radius 1 is 1.11 bits per heavy atom. The molecule has 142 valence electrons. The van der Waals surface area contributed by atoms with Crippen LogP contribution >= 0.6 is 0 Å². The lowest BCUT2D eigenvalue weighted by molar-refractivity contribution is -0.146. The maximum atomic E-state index is 13.0. The third kappa shape index (κ3) is 2.72. The van der Waals surface area contributed by atoms with Crippen LogP contribution in [0.2, 0.25) is 0 Å². The molecule has 1 aromatic heterocycles. The Kier molecular flexibility index (Phi) is 4.10. The molecule has 3 aliphatic rings. The van der Waals surface area contributed by atoms with E-state index >= 15 is 0 Å². The molecule has 2 aliphatic heterocycles. The monoisotopic (exact) mass is 367 g/mol. The number of likely N-dealkylation sites (tertiary alicyclic amines) is 1. The number of hydrogen-bond acceptors (Lipinski definition) is 4. The number of hydrogen-bond donors (Lipinski definition) is 1. The molecule has 2 saturated heterocycles. The van der Waals surface area contributed by atoms with E-state index in [0.29, 0.717) is 19.4 Å². The van der Waals surface area contributed by atoms with Gasteiger partial charge in [-0.15, -0.1) is 0 Å². The van der Waals surface area contributed by atoms with Gasteiger partial charge in [-0.05, 0) is 42.9 Å². The quantitative estimate of drug-likeness (QED) is 0.906. The Hall–Kier alpha value is -2.11. The fraction of sp³-hybridized carbons (Fsp3) is 0.500. The molecule has 0 bridgehead atoms. The van der Waals surface area contributed by atoms with Crippen LogP contribution in [-0.2, 0) is 14.9 Å². The predicted molar refractivity (Wildman–Crippen MR) is 100 cm³/mol. The summed E-state index contributed by atoms with van der Waals surface area (Å²) < 4.78 is 11.0. The van der Waals surface area contributed by atoms with Crippen molar-refractivity contribution < 1.29 is 19.1 Å². The highest BCUT2D eigenvalue weighted by Gasteiger charge is 2.53. The standard InChI is InChI=1S/C22H25NO4/c24-19-11-17(12-19)21(25)23-8-6-22(7-10-27-14-20(22)23)18-3-1-15(2-4-18)16-5-9-26-13-16/h1-5,9,13,17,19-20,24H,6-8,10-12,14H2. The highest BCUT2D eigenvalue weighted by molar-refractivity contribution is 5.81. The van der Waals surface area contributed by atoms with Gasteiger partial charge in [-0.3, -0.25) is 4.79 Å². The van der Waals surface area contributed by atoms with E-state index in [-0.39, 0.29) is 29.4 Å². The molecule has 5 heteroatoms. The molecule has 0 spiro atoms. The zero-order valence-corrected chi connectivity index (χ0v) is 15.3. The lowest BCUT2D eigenvalue weighted by Crippen LogP contribution is -2.54. The molecule has 27 heavy (non-hydrogen) atoms. The van der Waals surface area contributed by atoms with Crippen molar-refractivity contribution in [3.05, 3.63) is 48.4 Å². The van der Waals surface area contributed by atoms with Crippen LogP contribution in [0.15, 0.2) is 47.3 Å². The van der Waals surface area contributed by atoms with Crippen LogP contribution in [0.4, 0.5) is 0 Å². The number of aliphatic hydroxyl groups excluding tert-OH is 1. The van der Waals surface area contributed by atoms with Gasteiger partial charge in [-0.1, -0.05) is 24.3 Å². The molecule has 1 N–H and O–H groups in total. The Balaban J connectivity index is 1.42. The molecule has 1 aliphatic carbocycles. The van der Waals surface area contributed by atoms with Crippen LogP contribution in [0.3, 0.4) is 0 Å². The van der Waals surface area contributed by atoms with Crippen molar-refractivity contribution in [1.29, 1.82) is 0 Å². The van der Waals surface area contributed by atoms with Gasteiger partial charge < -0.3 is 19.2 Å². The van der Waals surface area contributed by atoms with E-state index in [9.17, 15) is 9.90 Å². The first-order chi connectivity index (χ1) is 13.2. The second kappa shape index (κ2) is 6.50. The lowest BCUT2D eigenvalue weighted by atomic mass is 9.70. The van der Waals surface area contributed by atoms with Crippen molar-refractivity contribution in [2.45, 2.75) is 43.2 Å². The minimum Gasteiger partial charge on any atom is -0.472 e. The number of benzene rings is 1. The zero-order valence-electron chi connectivity index (χ0n) is 15.3. The predicted octanol–water partition coefficient (Wildman–Crippen LogP) is 2.98. The summed E-state index contributed by atoms with van der Waals surface area (Å²) >= 11 is 0. The normalized spacial score (nSPS) is 32.8. The van der Waals surface area contributed by atoms with Crippen molar-refractivity contribution >= 4 is 5.91 Å². The van der Waals surface area contributed by atoms with E-state index in [2.05, 4.69) is 24.3 Å². The first kappa shape index (κ1) is 17.0. The third-order valence-corrected chi connectivity index (χ3v) is 6.84. The van der Waals surface area contributed by atoms with Gasteiger partial charge in [-0.2, -0.15) is 0 Å². The van der Waals surface area contributed by atoms with E-state index in [1.165, 1.54) is 5.56 Å². The van der Waals surface area contributed by atoms with Gasteiger partial charge >= 0.3 is 0 Å². The van der Waals surface area contributed by atoms with Gasteiger partial charge in [0.15, 0.2) is 0 Å². The fourth-order valence-corrected chi connectivity index (χ4v) is 5.12. The Labute approximate surface area is 158 Å². The molecular weight excluding hydrogens is 342 g/mol. The number of amides is 1. The lowest BCUT2D eigenvalue weighted by Gasteiger charge is -2.43. The molecule has 0 radical (unpaired) electrons. The molecule has 3 fully saturated rings. The van der Waals surface area contributed by atoms with Crippen LogP contribution in [0.5, 0.6) is 0 Å². The maximum Gasteiger partial charge on any atom is 0.226 e. The second-order valence-electron chi connectivity index (χ2n) is 8.19. The maximum absolute atomic E-state index is 13.0. The van der Waals surface area contributed by atoms with Crippen molar-refractivity contribution in [3.8, 4) is 11.1 Å². The summed E-state index contributed by atoms with van der Waals surface area (Å²) in [5.74, 6) is 0.189. The number of carbonyl (C=O) groups is 1. The molecule has 1 saturated carbocycles. The Bertz CT molecular complexity index is 809. The molecule has 2 aromatic rings. The highest BCUT2D eigenvalue weighted by Crippen LogP contribution is 2.47. The van der Waals surface area contributed by atoms with E-state index in [1.54, 1.807) is 12.5 Å². The average Bonchev–Trinajstić information content (AvgIpc) is 3.34. The van der Waals surface area contributed by atoms with E-state index in [4.69, 9.17) is 9.15 Å². The van der Waals surface area contributed by atoms with E-state index < -0.39 is 0 Å². The fourth-order valence-electron chi connectivity index (χ4n) is 5.12. The van der Waals surface area contributed by atoms with Crippen molar-refractivity contribution in [3.63, 3.8) is 0 Å². The van der Waals surface area contributed by atoms with E-state index in [1.807, 2.05) is 11.0 Å². The summed E-state index contributed by atoms with van der Waals surface area (Å²) in [7, 11) is 0. The molecule has 3 heterocycles. The largest absolute Gasteiger partial charge is 0.472 e. The number of furan rings is 1. The summed E-state index contributed by atoms with van der Waals surface area (Å²) in [6, 6.07) is 10.8. The minimum atomic E-state index is -0.301. The summed E-state index contributed by atoms with van der Waals surface area (Å²) in [5.41, 5.74) is 3.49. The van der Waals surface area contributed by atoms with Gasteiger partial charge in [0, 0.05) is 30.0 Å². The SMILES string of the molecule is O=C(C1CC(O)C1)N1CCC2(c3ccc(-c4ccoc4)cc3)CCOCC12. The minimum absolute atomic E-state index is 0.0128. The number of carbonyl (C=O) groups excluding carboxylic acids is 1. The van der Waals surface area contributed by atoms with Crippen molar-refractivity contribution in [2.24, 2.45) is 5.92 Å². The van der Waals surface area contributed by atoms with Crippen molar-refractivity contribution in [1.82, 2.24) is 4.90 Å². The van der Waals surface area contributed by atoms with Gasteiger partial charge in [0.25, 0.3) is 0 Å². The molecule has 5 nitrogen and oxygen atoms in total. The third-order valence-electron chi connectivity index (χ3n) is 6.84. The Morgan fingerprint density at radius 3 is 2.63 bits per heavy atom. The van der Waals surface area contributed by atoms with Crippen LogP contribution in [0.25, 0.3) is 11.1 Å². The first-order valence-corrected chi connectivity index (χ1v) is 9.87. The number of fused-ring (bicyclic) bond motifs is 1. The summed E-state index contributed by atoms with van der Waals surface area (Å²) in [6.07, 6.45) is 6.28. The van der Waals surface area contributed by atoms with Crippen LogP contribution in [-0.4, -0.2) is 47.8 Å². The number of ether oxygens (including phenoxy) is 1. The van der Waals surface area contributed by atoms with Crippen LogP contribution < -0.4 is 0 Å². The molecule has 2 unspecified atom stereocenters.